The van der Waals surface area contributed by atoms with E-state index in [1.807, 2.05) is 6.07 Å². The number of hydrogen-bond acceptors (Lipinski definition) is 2. The van der Waals surface area contributed by atoms with Crippen molar-refractivity contribution in [2.24, 2.45) is 0 Å². The number of nitrogens with one attached hydrogen (secondary N) is 1. The highest BCUT2D eigenvalue weighted by Crippen LogP contribution is 2.32. The summed E-state index contributed by atoms with van der Waals surface area (Å²) < 4.78 is 50.3. The van der Waals surface area contributed by atoms with Crippen molar-refractivity contribution < 1.29 is 17.6 Å². The molecule has 0 aliphatic carbocycles. The van der Waals surface area contributed by atoms with Gasteiger partial charge in [-0.25, -0.2) is 4.39 Å². The zero-order valence-electron chi connectivity index (χ0n) is 8.98. The van der Waals surface area contributed by atoms with Gasteiger partial charge >= 0.3 is 6.18 Å². The van der Waals surface area contributed by atoms with Crippen molar-refractivity contribution in [2.45, 2.75) is 19.1 Å². The molecule has 0 spiro atoms. The summed E-state index contributed by atoms with van der Waals surface area (Å²) in [7, 11) is 0. The normalized spacial score (nSPS) is 13.2. The van der Waals surface area contributed by atoms with Gasteiger partial charge in [0.2, 0.25) is 0 Å². The molecule has 0 aliphatic heterocycles. The molecule has 1 rings (SSSR count). The second-order valence-corrected chi connectivity index (χ2v) is 3.36. The van der Waals surface area contributed by atoms with Crippen LogP contribution in [-0.2, 0) is 6.18 Å². The van der Waals surface area contributed by atoms with Gasteiger partial charge in [0, 0.05) is 0 Å². The van der Waals surface area contributed by atoms with E-state index in [2.05, 4.69) is 5.32 Å². The van der Waals surface area contributed by atoms with E-state index < -0.39 is 23.6 Å². The highest BCUT2D eigenvalue weighted by atomic mass is 19.4. The molecule has 0 fully saturated rings. The lowest BCUT2D eigenvalue weighted by atomic mass is 10.0. The van der Waals surface area contributed by atoms with Crippen molar-refractivity contribution in [3.8, 4) is 6.07 Å². The molecule has 1 unspecified atom stereocenters. The topological polar surface area (TPSA) is 35.8 Å². The van der Waals surface area contributed by atoms with Crippen molar-refractivity contribution in [1.82, 2.24) is 5.32 Å². The predicted molar refractivity (Wildman–Crippen MR) is 53.4 cm³/mol. The zero-order chi connectivity index (χ0) is 13.1. The SMILES string of the molecule is CCNC(C#N)c1ccc(F)c(C(F)(F)F)c1. The number of benzene rings is 1. The van der Waals surface area contributed by atoms with Crippen LogP contribution in [0.1, 0.15) is 24.1 Å². The first-order valence-corrected chi connectivity index (χ1v) is 4.89. The van der Waals surface area contributed by atoms with E-state index in [1.165, 1.54) is 6.07 Å². The second kappa shape index (κ2) is 5.15. The molecule has 0 amide bonds. The molecule has 0 saturated carbocycles. The minimum Gasteiger partial charge on any atom is -0.298 e. The average molecular weight is 246 g/mol. The molecule has 1 atom stereocenters. The first-order valence-electron chi connectivity index (χ1n) is 4.89. The molecule has 0 bridgehead atoms. The van der Waals surface area contributed by atoms with Crippen molar-refractivity contribution >= 4 is 0 Å². The molecule has 2 nitrogen and oxygen atoms in total. The molecule has 1 aromatic rings. The van der Waals surface area contributed by atoms with E-state index >= 15 is 0 Å². The lowest BCUT2D eigenvalue weighted by Crippen LogP contribution is -2.20. The first-order chi connectivity index (χ1) is 7.90. The van der Waals surface area contributed by atoms with Crippen LogP contribution in [0.4, 0.5) is 17.6 Å². The summed E-state index contributed by atoms with van der Waals surface area (Å²) in [5.74, 6) is -1.34. The third-order valence-corrected chi connectivity index (χ3v) is 2.17. The maximum atomic E-state index is 13.0. The summed E-state index contributed by atoms with van der Waals surface area (Å²) in [5, 5.41) is 11.5. The van der Waals surface area contributed by atoms with Gasteiger partial charge in [0.1, 0.15) is 11.9 Å². The highest BCUT2D eigenvalue weighted by Gasteiger charge is 2.34. The van der Waals surface area contributed by atoms with Crippen molar-refractivity contribution in [2.75, 3.05) is 6.54 Å². The Labute approximate surface area is 95.9 Å². The standard InChI is InChI=1S/C11H10F4N2/c1-2-17-10(6-16)7-3-4-9(12)8(5-7)11(13,14)15/h3-5,10,17H,2H2,1H3. The van der Waals surface area contributed by atoms with E-state index in [0.717, 1.165) is 6.07 Å². The van der Waals surface area contributed by atoms with Crippen LogP contribution in [0.2, 0.25) is 0 Å². The van der Waals surface area contributed by atoms with Crippen molar-refractivity contribution in [3.63, 3.8) is 0 Å². The molecule has 6 heteroatoms. The van der Waals surface area contributed by atoms with Gasteiger partial charge in [-0.1, -0.05) is 13.0 Å². The Balaban J connectivity index is 3.17. The Morgan fingerprint density at radius 2 is 2.06 bits per heavy atom. The van der Waals surface area contributed by atoms with Gasteiger partial charge in [0.05, 0.1) is 11.6 Å². The third-order valence-electron chi connectivity index (χ3n) is 2.17. The van der Waals surface area contributed by atoms with E-state index in [9.17, 15) is 17.6 Å². The number of alkyl halides is 3. The summed E-state index contributed by atoms with van der Waals surface area (Å²) in [5.41, 5.74) is -1.25. The largest absolute Gasteiger partial charge is 0.419 e. The molecule has 0 saturated heterocycles. The summed E-state index contributed by atoms with van der Waals surface area (Å²) >= 11 is 0. The zero-order valence-corrected chi connectivity index (χ0v) is 8.98. The third kappa shape index (κ3) is 3.17. The number of rotatable bonds is 3. The highest BCUT2D eigenvalue weighted by molar-refractivity contribution is 5.32. The van der Waals surface area contributed by atoms with E-state index in [4.69, 9.17) is 5.26 Å². The maximum absolute atomic E-state index is 13.0. The van der Waals surface area contributed by atoms with E-state index in [-0.39, 0.29) is 5.56 Å². The summed E-state index contributed by atoms with van der Waals surface area (Å²) in [6.45, 7) is 2.15. The number of hydrogen-bond donors (Lipinski definition) is 1. The molecular weight excluding hydrogens is 236 g/mol. The number of halogens is 4. The minimum absolute atomic E-state index is 0.100. The Bertz CT molecular complexity index is 434. The van der Waals surface area contributed by atoms with Crippen molar-refractivity contribution in [3.05, 3.63) is 35.1 Å². The van der Waals surface area contributed by atoms with Gasteiger partial charge in [-0.3, -0.25) is 5.32 Å². The van der Waals surface area contributed by atoms with Crippen LogP contribution in [0, 0.1) is 17.1 Å². The Kier molecular flexibility index (Phi) is 4.07. The monoisotopic (exact) mass is 246 g/mol. The van der Waals surface area contributed by atoms with Gasteiger partial charge in [0.15, 0.2) is 0 Å². The van der Waals surface area contributed by atoms with Gasteiger partial charge in [-0.15, -0.1) is 0 Å². The Morgan fingerprint density at radius 1 is 1.41 bits per heavy atom. The Morgan fingerprint density at radius 3 is 2.53 bits per heavy atom. The summed E-state index contributed by atoms with van der Waals surface area (Å²) in [4.78, 5) is 0. The average Bonchev–Trinajstić information content (AvgIpc) is 2.25. The smallest absolute Gasteiger partial charge is 0.298 e. The van der Waals surface area contributed by atoms with Crippen LogP contribution < -0.4 is 5.32 Å². The van der Waals surface area contributed by atoms with Crippen LogP contribution in [0.5, 0.6) is 0 Å². The molecule has 0 aromatic heterocycles. The van der Waals surface area contributed by atoms with Crippen LogP contribution in [0.25, 0.3) is 0 Å². The van der Waals surface area contributed by atoms with Crippen LogP contribution in [-0.4, -0.2) is 6.54 Å². The number of nitriles is 1. The van der Waals surface area contributed by atoms with Gasteiger partial charge in [-0.05, 0) is 24.2 Å². The van der Waals surface area contributed by atoms with E-state index in [1.54, 1.807) is 6.92 Å². The molecular formula is C11H10F4N2. The molecule has 0 aliphatic rings. The van der Waals surface area contributed by atoms with Crippen LogP contribution in [0.3, 0.4) is 0 Å². The van der Waals surface area contributed by atoms with Gasteiger partial charge in [0.25, 0.3) is 0 Å². The van der Waals surface area contributed by atoms with Crippen LogP contribution >= 0.6 is 0 Å². The molecule has 17 heavy (non-hydrogen) atoms. The minimum atomic E-state index is -4.76. The lowest BCUT2D eigenvalue weighted by Gasteiger charge is -2.13. The van der Waals surface area contributed by atoms with Crippen molar-refractivity contribution in [1.29, 1.82) is 5.26 Å². The van der Waals surface area contributed by atoms with Gasteiger partial charge < -0.3 is 0 Å². The molecule has 0 radical (unpaired) electrons. The quantitative estimate of drug-likeness (QED) is 0.832. The summed E-state index contributed by atoms with van der Waals surface area (Å²) in [6.07, 6.45) is -4.76. The fourth-order valence-corrected chi connectivity index (χ4v) is 1.38. The lowest BCUT2D eigenvalue weighted by molar-refractivity contribution is -0.140. The van der Waals surface area contributed by atoms with E-state index in [0.29, 0.717) is 12.6 Å². The first kappa shape index (κ1) is 13.5. The molecule has 1 aromatic carbocycles. The molecule has 92 valence electrons. The molecule has 1 N–H and O–H groups in total. The maximum Gasteiger partial charge on any atom is 0.419 e. The Hall–Kier alpha value is -1.61. The van der Waals surface area contributed by atoms with Crippen LogP contribution in [0.15, 0.2) is 18.2 Å². The predicted octanol–water partition coefficient (Wildman–Crippen LogP) is 3.02. The fraction of sp³-hybridized carbons (Fsp3) is 0.364. The fourth-order valence-electron chi connectivity index (χ4n) is 1.38. The summed E-state index contributed by atoms with van der Waals surface area (Å²) in [6, 6.07) is 3.49. The van der Waals surface area contributed by atoms with Gasteiger partial charge in [-0.2, -0.15) is 18.4 Å². The second-order valence-electron chi connectivity index (χ2n) is 3.36. The number of nitrogens with zero attached hydrogens (tertiary/aromatic N) is 1. The molecule has 0 heterocycles.